The summed E-state index contributed by atoms with van der Waals surface area (Å²) in [5, 5.41) is 3.87. The molecule has 166 valence electrons. The zero-order valence-electron chi connectivity index (χ0n) is 18.8. The number of aromatic nitrogens is 1. The standard InChI is InChI=1S/C27H30ClN3O/c1-19-5-3-6-21(15-19)17-29-27(32)25-10-9-20(2)30-26(25)23-11-13-31(14-12-23)18-22-7-4-8-24(28)16-22/h3-10,15-16,23H,11-14,17-18H2,1-2H3,(H,29,32). The van der Waals surface area contributed by atoms with Crippen molar-refractivity contribution in [1.29, 1.82) is 0 Å². The zero-order valence-corrected chi connectivity index (χ0v) is 19.5. The lowest BCUT2D eigenvalue weighted by atomic mass is 9.89. The first kappa shape index (κ1) is 22.5. The van der Waals surface area contributed by atoms with Gasteiger partial charge in [0, 0.05) is 29.7 Å². The van der Waals surface area contributed by atoms with Gasteiger partial charge in [0.15, 0.2) is 0 Å². The number of benzene rings is 2. The number of aryl methyl sites for hydroxylation is 2. The Morgan fingerprint density at radius 1 is 1.03 bits per heavy atom. The predicted molar refractivity (Wildman–Crippen MR) is 130 cm³/mol. The number of nitrogens with one attached hydrogen (secondary N) is 1. The van der Waals surface area contributed by atoms with E-state index < -0.39 is 0 Å². The Bertz CT molecular complexity index is 1090. The lowest BCUT2D eigenvalue weighted by Gasteiger charge is -2.32. The lowest BCUT2D eigenvalue weighted by Crippen LogP contribution is -2.34. The van der Waals surface area contributed by atoms with E-state index >= 15 is 0 Å². The maximum absolute atomic E-state index is 13.0. The fourth-order valence-corrected chi connectivity index (χ4v) is 4.65. The summed E-state index contributed by atoms with van der Waals surface area (Å²) < 4.78 is 0. The quantitative estimate of drug-likeness (QED) is 0.530. The zero-order chi connectivity index (χ0) is 22.5. The first-order valence-corrected chi connectivity index (χ1v) is 11.6. The highest BCUT2D eigenvalue weighted by atomic mass is 35.5. The molecule has 2 aromatic carbocycles. The highest BCUT2D eigenvalue weighted by molar-refractivity contribution is 6.30. The van der Waals surface area contributed by atoms with Gasteiger partial charge in [-0.2, -0.15) is 0 Å². The van der Waals surface area contributed by atoms with Crippen LogP contribution in [0.5, 0.6) is 0 Å². The summed E-state index contributed by atoms with van der Waals surface area (Å²) in [6, 6.07) is 20.2. The predicted octanol–water partition coefficient (Wildman–Crippen LogP) is 5.66. The second kappa shape index (κ2) is 10.3. The lowest BCUT2D eigenvalue weighted by molar-refractivity contribution is 0.0948. The summed E-state index contributed by atoms with van der Waals surface area (Å²) >= 11 is 6.14. The van der Waals surface area contributed by atoms with E-state index in [4.69, 9.17) is 16.6 Å². The average Bonchev–Trinajstić information content (AvgIpc) is 2.78. The van der Waals surface area contributed by atoms with Crippen molar-refractivity contribution in [3.63, 3.8) is 0 Å². The van der Waals surface area contributed by atoms with Crippen molar-refractivity contribution in [1.82, 2.24) is 15.2 Å². The van der Waals surface area contributed by atoms with Crippen molar-refractivity contribution in [2.75, 3.05) is 13.1 Å². The first-order valence-electron chi connectivity index (χ1n) is 11.3. The van der Waals surface area contributed by atoms with Gasteiger partial charge < -0.3 is 5.32 Å². The topological polar surface area (TPSA) is 45.2 Å². The molecule has 2 heterocycles. The number of piperidine rings is 1. The molecular weight excluding hydrogens is 418 g/mol. The van der Waals surface area contributed by atoms with Crippen LogP contribution in [0.1, 0.15) is 57.2 Å². The van der Waals surface area contributed by atoms with E-state index in [0.29, 0.717) is 18.0 Å². The van der Waals surface area contributed by atoms with Crippen LogP contribution < -0.4 is 5.32 Å². The van der Waals surface area contributed by atoms with E-state index in [9.17, 15) is 4.79 Å². The minimum absolute atomic E-state index is 0.0460. The molecule has 1 amide bonds. The molecule has 1 saturated heterocycles. The summed E-state index contributed by atoms with van der Waals surface area (Å²) in [6.45, 7) is 7.44. The Hall–Kier alpha value is -2.69. The molecule has 0 radical (unpaired) electrons. The highest BCUT2D eigenvalue weighted by Crippen LogP contribution is 2.30. The second-order valence-electron chi connectivity index (χ2n) is 8.74. The first-order chi connectivity index (χ1) is 15.5. The molecule has 3 aromatic rings. The van der Waals surface area contributed by atoms with Crippen molar-refractivity contribution < 1.29 is 4.79 Å². The van der Waals surface area contributed by atoms with Gasteiger partial charge in [-0.1, -0.05) is 53.6 Å². The molecule has 1 aliphatic rings. The number of pyridine rings is 1. The Balaban J connectivity index is 1.41. The van der Waals surface area contributed by atoms with Gasteiger partial charge in [0.1, 0.15) is 0 Å². The van der Waals surface area contributed by atoms with Gasteiger partial charge >= 0.3 is 0 Å². The Morgan fingerprint density at radius 3 is 2.53 bits per heavy atom. The van der Waals surface area contributed by atoms with Gasteiger partial charge in [-0.25, -0.2) is 0 Å². The Labute approximate surface area is 195 Å². The second-order valence-corrected chi connectivity index (χ2v) is 9.17. The third-order valence-electron chi connectivity index (χ3n) is 6.11. The van der Waals surface area contributed by atoms with Gasteiger partial charge in [-0.05, 0) is 75.2 Å². The van der Waals surface area contributed by atoms with Crippen LogP contribution in [-0.2, 0) is 13.1 Å². The molecule has 4 rings (SSSR count). The molecule has 4 nitrogen and oxygen atoms in total. The SMILES string of the molecule is Cc1cccc(CNC(=O)c2ccc(C)nc2C2CCN(Cc3cccc(Cl)c3)CC2)c1. The number of likely N-dealkylation sites (tertiary alicyclic amines) is 1. The molecular formula is C27H30ClN3O. The van der Waals surface area contributed by atoms with Crippen LogP contribution in [0.2, 0.25) is 5.02 Å². The van der Waals surface area contributed by atoms with Crippen molar-refractivity contribution >= 4 is 17.5 Å². The largest absolute Gasteiger partial charge is 0.348 e. The monoisotopic (exact) mass is 447 g/mol. The number of amides is 1. The molecule has 0 spiro atoms. The molecule has 1 aliphatic heterocycles. The van der Waals surface area contributed by atoms with Crippen molar-refractivity contribution in [3.05, 3.63) is 99.3 Å². The molecule has 0 aliphatic carbocycles. The molecule has 32 heavy (non-hydrogen) atoms. The van der Waals surface area contributed by atoms with Crippen LogP contribution >= 0.6 is 11.6 Å². The van der Waals surface area contributed by atoms with Gasteiger partial charge in [-0.3, -0.25) is 14.7 Å². The average molecular weight is 448 g/mol. The van der Waals surface area contributed by atoms with Gasteiger partial charge in [-0.15, -0.1) is 0 Å². The fraction of sp³-hybridized carbons (Fsp3) is 0.333. The maximum atomic E-state index is 13.0. The van der Waals surface area contributed by atoms with E-state index in [1.54, 1.807) is 0 Å². The van der Waals surface area contributed by atoms with Crippen LogP contribution in [0, 0.1) is 13.8 Å². The molecule has 0 bridgehead atoms. The van der Waals surface area contributed by atoms with E-state index in [1.165, 1.54) is 11.1 Å². The van der Waals surface area contributed by atoms with Crippen LogP contribution in [-0.4, -0.2) is 28.9 Å². The molecule has 1 aromatic heterocycles. The highest BCUT2D eigenvalue weighted by Gasteiger charge is 2.26. The number of nitrogens with zero attached hydrogens (tertiary/aromatic N) is 2. The van der Waals surface area contributed by atoms with Gasteiger partial charge in [0.05, 0.1) is 11.3 Å². The number of halogens is 1. The van der Waals surface area contributed by atoms with E-state index in [-0.39, 0.29) is 5.91 Å². The number of hydrogen-bond acceptors (Lipinski definition) is 3. The van der Waals surface area contributed by atoms with Crippen LogP contribution in [0.25, 0.3) is 0 Å². The van der Waals surface area contributed by atoms with Gasteiger partial charge in [0.2, 0.25) is 0 Å². The fourth-order valence-electron chi connectivity index (χ4n) is 4.44. The number of hydrogen-bond donors (Lipinski definition) is 1. The number of carbonyl (C=O) groups is 1. The van der Waals surface area contributed by atoms with Crippen LogP contribution in [0.4, 0.5) is 0 Å². The van der Waals surface area contributed by atoms with Crippen molar-refractivity contribution in [2.45, 2.75) is 45.7 Å². The van der Waals surface area contributed by atoms with E-state index in [0.717, 1.165) is 54.4 Å². The normalized spacial score (nSPS) is 15.0. The third-order valence-corrected chi connectivity index (χ3v) is 6.35. The smallest absolute Gasteiger partial charge is 0.253 e. The van der Waals surface area contributed by atoms with E-state index in [2.05, 4.69) is 35.3 Å². The summed E-state index contributed by atoms with van der Waals surface area (Å²) in [5.74, 6) is 0.251. The van der Waals surface area contributed by atoms with Crippen LogP contribution in [0.3, 0.4) is 0 Å². The third kappa shape index (κ3) is 5.76. The summed E-state index contributed by atoms with van der Waals surface area (Å²) in [7, 11) is 0. The van der Waals surface area contributed by atoms with Crippen LogP contribution in [0.15, 0.2) is 60.7 Å². The maximum Gasteiger partial charge on any atom is 0.253 e. The van der Waals surface area contributed by atoms with E-state index in [1.807, 2.05) is 49.4 Å². The summed E-state index contributed by atoms with van der Waals surface area (Å²) in [5.41, 5.74) is 6.14. The Morgan fingerprint density at radius 2 is 1.78 bits per heavy atom. The molecule has 1 N–H and O–H groups in total. The van der Waals surface area contributed by atoms with Crippen molar-refractivity contribution in [3.8, 4) is 0 Å². The number of rotatable bonds is 6. The molecule has 0 atom stereocenters. The minimum Gasteiger partial charge on any atom is -0.348 e. The van der Waals surface area contributed by atoms with Crippen molar-refractivity contribution in [2.24, 2.45) is 0 Å². The molecule has 0 unspecified atom stereocenters. The minimum atomic E-state index is -0.0460. The summed E-state index contributed by atoms with van der Waals surface area (Å²) in [4.78, 5) is 20.3. The number of carbonyl (C=O) groups excluding carboxylic acids is 1. The Kier molecular flexibility index (Phi) is 7.23. The summed E-state index contributed by atoms with van der Waals surface area (Å²) in [6.07, 6.45) is 1.99. The molecule has 1 fully saturated rings. The molecule has 5 heteroatoms. The van der Waals surface area contributed by atoms with Gasteiger partial charge in [0.25, 0.3) is 5.91 Å². The molecule has 0 saturated carbocycles.